The minimum absolute atomic E-state index is 0.323. The number of ether oxygens (including phenoxy) is 1. The molecule has 0 atom stereocenters. The summed E-state index contributed by atoms with van der Waals surface area (Å²) in [6.45, 7) is 12.5. The highest BCUT2D eigenvalue weighted by Crippen LogP contribution is 2.40. The second kappa shape index (κ2) is 16.9. The maximum Gasteiger partial charge on any atom is 0.332 e. The van der Waals surface area contributed by atoms with Gasteiger partial charge in [-0.05, 0) is 133 Å². The van der Waals surface area contributed by atoms with E-state index in [2.05, 4.69) is 59.7 Å². The SMILES string of the molecule is CC(C)CN1CC(S(=O)(=O)NC(=O)Nc2c3c(cc4c2CCC4)CCC3)C1.CC(C)CN1CC(S(N)(=O)=O)C1.N#COc1c2c(cc3c1CCC3)CCC2. The van der Waals surface area contributed by atoms with Crippen molar-refractivity contribution in [3.63, 3.8) is 0 Å². The van der Waals surface area contributed by atoms with Gasteiger partial charge in [-0.3, -0.25) is 0 Å². The zero-order chi connectivity index (χ0) is 38.8. The molecule has 0 aromatic heterocycles. The Bertz CT molecular complexity index is 1920. The first-order valence-corrected chi connectivity index (χ1v) is 23.0. The number of benzene rings is 2. The second-order valence-corrected chi connectivity index (χ2v) is 20.6. The van der Waals surface area contributed by atoms with Crippen LogP contribution in [0.3, 0.4) is 0 Å². The molecule has 4 N–H and O–H groups in total. The van der Waals surface area contributed by atoms with Crippen LogP contribution in [0.1, 0.15) is 97.9 Å². The number of nitrogens with two attached hydrogens (primary N) is 1. The normalized spacial score (nSPS) is 19.3. The Kier molecular flexibility index (Phi) is 12.6. The number of amides is 2. The first-order chi connectivity index (χ1) is 25.6. The highest BCUT2D eigenvalue weighted by molar-refractivity contribution is 7.90. The van der Waals surface area contributed by atoms with Gasteiger partial charge in [-0.15, -0.1) is 5.26 Å². The molecule has 0 radical (unpaired) electrons. The van der Waals surface area contributed by atoms with Crippen molar-refractivity contribution in [1.29, 1.82) is 5.26 Å². The van der Waals surface area contributed by atoms with E-state index in [1.807, 2.05) is 6.26 Å². The highest BCUT2D eigenvalue weighted by Gasteiger charge is 2.39. The predicted octanol–water partition coefficient (Wildman–Crippen LogP) is 4.59. The Labute approximate surface area is 322 Å². The molecule has 0 unspecified atom stereocenters. The summed E-state index contributed by atoms with van der Waals surface area (Å²) in [7, 11) is -6.92. The standard InChI is InChI=1S/C20H29N3O3S.C13H13NO.C7H16N2O2S/c1-13(2)10-23-11-16(12-23)27(25,26)22-20(24)21-19-17-7-3-5-14(17)9-15-6-4-8-18(15)19;14-8-15-13-11-5-1-3-9(11)7-10-4-2-6-12(10)13;1-6(2)3-9-4-7(5-9)12(8,10)11/h9,13,16H,3-8,10-12H2,1-2H3,(H2,21,22,24);7H,1-6H2;6-7H,3-5H2,1-2H3,(H2,8,10,11). The van der Waals surface area contributed by atoms with E-state index in [1.54, 1.807) is 0 Å². The zero-order valence-corrected chi connectivity index (χ0v) is 34.0. The number of nitrogens with zero attached hydrogens (tertiary/aromatic N) is 3. The van der Waals surface area contributed by atoms with Crippen LogP contribution >= 0.6 is 0 Å². The van der Waals surface area contributed by atoms with E-state index in [4.69, 9.17) is 15.1 Å². The zero-order valence-electron chi connectivity index (χ0n) is 32.4. The minimum atomic E-state index is -3.64. The van der Waals surface area contributed by atoms with Gasteiger partial charge in [0.2, 0.25) is 20.0 Å². The number of nitriles is 1. The lowest BCUT2D eigenvalue weighted by molar-refractivity contribution is 0.164. The van der Waals surface area contributed by atoms with Crippen LogP contribution in [0.15, 0.2) is 12.1 Å². The van der Waals surface area contributed by atoms with Crippen LogP contribution in [0.4, 0.5) is 10.5 Å². The number of fused-ring (bicyclic) bond motifs is 4. The molecule has 4 aliphatic carbocycles. The summed E-state index contributed by atoms with van der Waals surface area (Å²) in [6, 6.07) is 4.02. The van der Waals surface area contributed by atoms with E-state index in [0.29, 0.717) is 38.0 Å². The molecule has 2 fully saturated rings. The largest absolute Gasteiger partial charge is 0.387 e. The maximum atomic E-state index is 12.5. The summed E-state index contributed by atoms with van der Waals surface area (Å²) in [4.78, 5) is 16.7. The molecule has 2 heterocycles. The second-order valence-electron chi connectivity index (χ2n) is 16.8. The fourth-order valence-corrected chi connectivity index (χ4v) is 11.2. The van der Waals surface area contributed by atoms with Gasteiger partial charge in [0.25, 0.3) is 6.26 Å². The molecule has 2 amide bonds. The number of hydrogen-bond acceptors (Lipinski definition) is 9. The highest BCUT2D eigenvalue weighted by atomic mass is 32.2. The maximum absolute atomic E-state index is 12.5. The van der Waals surface area contributed by atoms with Crippen molar-refractivity contribution < 1.29 is 26.4 Å². The number of rotatable bonds is 9. The number of carbonyl (C=O) groups is 1. The lowest BCUT2D eigenvalue weighted by Crippen LogP contribution is -2.59. The predicted molar refractivity (Wildman–Crippen MR) is 212 cm³/mol. The van der Waals surface area contributed by atoms with Crippen LogP contribution in [0.2, 0.25) is 0 Å². The van der Waals surface area contributed by atoms with Gasteiger partial charge >= 0.3 is 6.03 Å². The summed E-state index contributed by atoms with van der Waals surface area (Å²) >= 11 is 0. The van der Waals surface area contributed by atoms with Gasteiger partial charge in [0.15, 0.2) is 0 Å². The summed E-state index contributed by atoms with van der Waals surface area (Å²) < 4.78 is 54.1. The molecule has 0 spiro atoms. The van der Waals surface area contributed by atoms with Gasteiger partial charge < -0.3 is 19.9 Å². The van der Waals surface area contributed by atoms with E-state index < -0.39 is 31.3 Å². The van der Waals surface area contributed by atoms with Crippen LogP contribution in [-0.4, -0.2) is 82.4 Å². The van der Waals surface area contributed by atoms with E-state index >= 15 is 0 Å². The van der Waals surface area contributed by atoms with Gasteiger partial charge in [-0.2, -0.15) is 0 Å². The third kappa shape index (κ3) is 9.41. The van der Waals surface area contributed by atoms with Crippen molar-refractivity contribution in [3.8, 4) is 12.0 Å². The molecule has 14 heteroatoms. The van der Waals surface area contributed by atoms with E-state index in [9.17, 15) is 21.6 Å². The topological polar surface area (TPSA) is 175 Å². The fraction of sp³-hybridized carbons (Fsp3) is 0.650. The van der Waals surface area contributed by atoms with Crippen molar-refractivity contribution >= 4 is 31.8 Å². The minimum Gasteiger partial charge on any atom is -0.387 e. The van der Waals surface area contributed by atoms with Crippen LogP contribution in [-0.2, 0) is 71.4 Å². The van der Waals surface area contributed by atoms with E-state index in [-0.39, 0.29) is 5.25 Å². The number of anilines is 1. The van der Waals surface area contributed by atoms with Gasteiger partial charge in [0.1, 0.15) is 16.2 Å². The Balaban J connectivity index is 0.000000154. The quantitative estimate of drug-likeness (QED) is 0.308. The van der Waals surface area contributed by atoms with Crippen LogP contribution in [0, 0.1) is 23.4 Å². The molecular weight excluding hydrogens is 725 g/mol. The van der Waals surface area contributed by atoms with Crippen molar-refractivity contribution in [3.05, 3.63) is 56.6 Å². The summed E-state index contributed by atoms with van der Waals surface area (Å²) in [5.41, 5.74) is 11.4. The number of urea groups is 1. The van der Waals surface area contributed by atoms with E-state index in [1.165, 1.54) is 57.3 Å². The molecule has 8 rings (SSSR count). The van der Waals surface area contributed by atoms with E-state index in [0.717, 1.165) is 88.7 Å². The molecule has 296 valence electrons. The Morgan fingerprint density at radius 2 is 1.15 bits per heavy atom. The Morgan fingerprint density at radius 1 is 0.741 bits per heavy atom. The molecule has 2 aromatic rings. The smallest absolute Gasteiger partial charge is 0.332 e. The lowest BCUT2D eigenvalue weighted by Gasteiger charge is -2.39. The molecule has 54 heavy (non-hydrogen) atoms. The monoisotopic (exact) mass is 782 g/mol. The van der Waals surface area contributed by atoms with Crippen LogP contribution in [0.5, 0.6) is 5.75 Å². The third-order valence-corrected chi connectivity index (χ3v) is 14.4. The molecule has 2 aromatic carbocycles. The third-order valence-electron chi connectivity index (χ3n) is 11.5. The van der Waals surface area contributed by atoms with Crippen molar-refractivity contribution in [1.82, 2.24) is 14.5 Å². The van der Waals surface area contributed by atoms with Gasteiger partial charge in [0, 0.05) is 45.0 Å². The summed E-state index contributed by atoms with van der Waals surface area (Å²) in [6.07, 6.45) is 14.9. The average molecular weight is 783 g/mol. The summed E-state index contributed by atoms with van der Waals surface area (Å²) in [5.74, 6) is 2.00. The van der Waals surface area contributed by atoms with Gasteiger partial charge in [-0.25, -0.2) is 31.5 Å². The molecular formula is C40H58N6O6S2. The molecule has 2 saturated heterocycles. The van der Waals surface area contributed by atoms with Crippen molar-refractivity contribution in [2.45, 2.75) is 115 Å². The summed E-state index contributed by atoms with van der Waals surface area (Å²) in [5, 5.41) is 15.8. The lowest BCUT2D eigenvalue weighted by atomic mass is 9.99. The number of likely N-dealkylation sites (tertiary alicyclic amines) is 2. The van der Waals surface area contributed by atoms with Crippen LogP contribution in [0.25, 0.3) is 0 Å². The first-order valence-electron chi connectivity index (χ1n) is 19.8. The number of hydrogen-bond donors (Lipinski definition) is 3. The van der Waals surface area contributed by atoms with Crippen molar-refractivity contribution in [2.24, 2.45) is 17.0 Å². The Morgan fingerprint density at radius 3 is 1.56 bits per heavy atom. The number of aryl methyl sites for hydroxylation is 4. The van der Waals surface area contributed by atoms with Crippen LogP contribution < -0.4 is 19.9 Å². The van der Waals surface area contributed by atoms with Crippen molar-refractivity contribution in [2.75, 3.05) is 44.6 Å². The molecule has 12 nitrogen and oxygen atoms in total. The average Bonchev–Trinajstić information content (AvgIpc) is 3.87. The number of sulfonamides is 2. The number of nitrogens with one attached hydrogen (secondary N) is 2. The molecule has 2 aliphatic heterocycles. The molecule has 6 aliphatic rings. The Hall–Kier alpha value is -3.22. The van der Waals surface area contributed by atoms with Gasteiger partial charge in [-0.1, -0.05) is 39.8 Å². The first kappa shape index (κ1) is 40.4. The number of carbonyl (C=O) groups excluding carboxylic acids is 1. The molecule has 0 saturated carbocycles. The fourth-order valence-electron chi connectivity index (χ4n) is 9.03. The molecule has 0 bridgehead atoms. The van der Waals surface area contributed by atoms with Gasteiger partial charge in [0.05, 0.1) is 0 Å². The number of primary sulfonamides is 1.